The molecular weight excluding hydrogens is 224 g/mol. The van der Waals surface area contributed by atoms with E-state index in [1.54, 1.807) is 6.20 Å². The number of hydrogen-bond acceptors (Lipinski definition) is 3. The molecule has 1 saturated carbocycles. The van der Waals surface area contributed by atoms with Gasteiger partial charge in [-0.2, -0.15) is 5.10 Å². The molecule has 5 heteroatoms. The van der Waals surface area contributed by atoms with Crippen molar-refractivity contribution in [3.8, 4) is 0 Å². The van der Waals surface area contributed by atoms with Gasteiger partial charge in [0.2, 0.25) is 0 Å². The number of hydrogen-bond donors (Lipinski definition) is 0. The number of nitrogens with zero attached hydrogens (tertiary/aromatic N) is 4. The first-order valence-corrected chi connectivity index (χ1v) is 6.03. The minimum atomic E-state index is 0.528. The topological polar surface area (TPSA) is 43.6 Å². The summed E-state index contributed by atoms with van der Waals surface area (Å²) in [6.07, 6.45) is 5.28. The van der Waals surface area contributed by atoms with Crippen LogP contribution in [0, 0.1) is 5.92 Å². The van der Waals surface area contributed by atoms with E-state index < -0.39 is 0 Å². The zero-order valence-electron chi connectivity index (χ0n) is 9.15. The van der Waals surface area contributed by atoms with Gasteiger partial charge in [-0.25, -0.2) is 14.6 Å². The first kappa shape index (κ1) is 10.0. The fourth-order valence-electron chi connectivity index (χ4n) is 1.87. The summed E-state index contributed by atoms with van der Waals surface area (Å²) in [7, 11) is 0. The van der Waals surface area contributed by atoms with E-state index in [9.17, 15) is 0 Å². The minimum absolute atomic E-state index is 0.528. The van der Waals surface area contributed by atoms with Crippen molar-refractivity contribution in [1.82, 2.24) is 19.7 Å². The Morgan fingerprint density at radius 1 is 1.44 bits per heavy atom. The lowest BCUT2D eigenvalue weighted by Crippen LogP contribution is -2.02. The maximum Gasteiger partial charge on any atom is 0.163 e. The molecule has 2 heterocycles. The van der Waals surface area contributed by atoms with Crippen LogP contribution in [0.2, 0.25) is 5.15 Å². The van der Waals surface area contributed by atoms with Crippen LogP contribution < -0.4 is 0 Å². The van der Waals surface area contributed by atoms with E-state index in [1.807, 2.05) is 11.6 Å². The zero-order valence-corrected chi connectivity index (χ0v) is 9.91. The Kier molecular flexibility index (Phi) is 2.32. The van der Waals surface area contributed by atoms with Gasteiger partial charge in [-0.15, -0.1) is 0 Å². The molecule has 0 unspecified atom stereocenters. The van der Waals surface area contributed by atoms with Gasteiger partial charge in [-0.1, -0.05) is 11.6 Å². The third-order valence-electron chi connectivity index (χ3n) is 2.96. The smallest absolute Gasteiger partial charge is 0.163 e. The Balaban J connectivity index is 2.09. The molecular formula is C11H13ClN4. The lowest BCUT2D eigenvalue weighted by Gasteiger charge is -2.02. The predicted molar refractivity (Wildman–Crippen MR) is 62.4 cm³/mol. The van der Waals surface area contributed by atoms with Crippen LogP contribution in [-0.2, 0) is 13.0 Å². The van der Waals surface area contributed by atoms with Crippen LogP contribution in [0.4, 0.5) is 0 Å². The van der Waals surface area contributed by atoms with Crippen molar-refractivity contribution < 1.29 is 0 Å². The molecule has 2 aromatic rings. The standard InChI is InChI=1S/C11H13ClN4/c1-2-16-11-8(6-13-16)10(12)14-9(15-11)5-7-3-4-7/h6-7H,2-5H2,1H3. The second-order valence-corrected chi connectivity index (χ2v) is 4.63. The average Bonchev–Trinajstić information content (AvgIpc) is 2.96. The molecule has 0 bridgehead atoms. The molecule has 1 aliphatic rings. The third-order valence-corrected chi connectivity index (χ3v) is 3.25. The molecule has 2 aromatic heterocycles. The van der Waals surface area contributed by atoms with Crippen molar-refractivity contribution in [2.24, 2.45) is 5.92 Å². The Hall–Kier alpha value is -1.16. The number of fused-ring (bicyclic) bond motifs is 1. The quantitative estimate of drug-likeness (QED) is 0.769. The Bertz CT molecular complexity index is 530. The summed E-state index contributed by atoms with van der Waals surface area (Å²) in [5.74, 6) is 1.63. The lowest BCUT2D eigenvalue weighted by molar-refractivity contribution is 0.671. The molecule has 16 heavy (non-hydrogen) atoms. The van der Waals surface area contributed by atoms with Gasteiger partial charge < -0.3 is 0 Å². The molecule has 84 valence electrons. The van der Waals surface area contributed by atoms with Crippen molar-refractivity contribution in [3.05, 3.63) is 17.2 Å². The highest BCUT2D eigenvalue weighted by atomic mass is 35.5. The third kappa shape index (κ3) is 1.67. The highest BCUT2D eigenvalue weighted by Crippen LogP contribution is 2.32. The summed E-state index contributed by atoms with van der Waals surface area (Å²) in [6, 6.07) is 0. The molecule has 4 nitrogen and oxygen atoms in total. The first-order chi connectivity index (χ1) is 7.78. The molecule has 0 amide bonds. The van der Waals surface area contributed by atoms with Crippen LogP contribution in [0.25, 0.3) is 11.0 Å². The summed E-state index contributed by atoms with van der Waals surface area (Å²) in [6.45, 7) is 2.85. The number of aromatic nitrogens is 4. The maximum atomic E-state index is 6.13. The van der Waals surface area contributed by atoms with Crippen LogP contribution in [0.3, 0.4) is 0 Å². The molecule has 0 spiro atoms. The number of halogens is 1. The van der Waals surface area contributed by atoms with Crippen LogP contribution in [-0.4, -0.2) is 19.7 Å². The minimum Gasteiger partial charge on any atom is -0.247 e. The molecule has 0 radical (unpaired) electrons. The summed E-state index contributed by atoms with van der Waals surface area (Å²) in [5, 5.41) is 5.62. The van der Waals surface area contributed by atoms with Crippen molar-refractivity contribution >= 4 is 22.6 Å². The maximum absolute atomic E-state index is 6.13. The molecule has 1 fully saturated rings. The van der Waals surface area contributed by atoms with Crippen LogP contribution in [0.5, 0.6) is 0 Å². The fourth-order valence-corrected chi connectivity index (χ4v) is 2.10. The molecule has 3 rings (SSSR count). The Morgan fingerprint density at radius 3 is 2.94 bits per heavy atom. The lowest BCUT2D eigenvalue weighted by atomic mass is 10.3. The van der Waals surface area contributed by atoms with Gasteiger partial charge in [0.15, 0.2) is 5.65 Å². The fraction of sp³-hybridized carbons (Fsp3) is 0.545. The van der Waals surface area contributed by atoms with Crippen molar-refractivity contribution in [2.75, 3.05) is 0 Å². The molecule has 0 N–H and O–H groups in total. The summed E-state index contributed by atoms with van der Waals surface area (Å²) >= 11 is 6.13. The second-order valence-electron chi connectivity index (χ2n) is 4.28. The highest BCUT2D eigenvalue weighted by Gasteiger charge is 2.23. The Morgan fingerprint density at radius 2 is 2.25 bits per heavy atom. The SMILES string of the molecule is CCn1ncc2c(Cl)nc(CC3CC3)nc21. The van der Waals surface area contributed by atoms with E-state index in [0.717, 1.165) is 35.7 Å². The molecule has 1 aliphatic carbocycles. The van der Waals surface area contributed by atoms with Crippen LogP contribution in [0.1, 0.15) is 25.6 Å². The first-order valence-electron chi connectivity index (χ1n) is 5.66. The number of aryl methyl sites for hydroxylation is 1. The van der Waals surface area contributed by atoms with Crippen LogP contribution in [0.15, 0.2) is 6.20 Å². The molecule has 0 saturated heterocycles. The van der Waals surface area contributed by atoms with Gasteiger partial charge in [0.05, 0.1) is 11.6 Å². The normalized spacial score (nSPS) is 15.9. The van der Waals surface area contributed by atoms with E-state index in [-0.39, 0.29) is 0 Å². The van der Waals surface area contributed by atoms with E-state index in [2.05, 4.69) is 15.1 Å². The van der Waals surface area contributed by atoms with Gasteiger partial charge in [0, 0.05) is 13.0 Å². The van der Waals surface area contributed by atoms with E-state index >= 15 is 0 Å². The van der Waals surface area contributed by atoms with Crippen molar-refractivity contribution in [2.45, 2.75) is 32.7 Å². The second kappa shape index (κ2) is 3.70. The van der Waals surface area contributed by atoms with E-state index in [4.69, 9.17) is 11.6 Å². The number of rotatable bonds is 3. The van der Waals surface area contributed by atoms with Gasteiger partial charge in [0.1, 0.15) is 11.0 Å². The predicted octanol–water partition coefficient (Wildman–Crippen LogP) is 2.45. The summed E-state index contributed by atoms with van der Waals surface area (Å²) < 4.78 is 1.86. The largest absolute Gasteiger partial charge is 0.247 e. The van der Waals surface area contributed by atoms with E-state index in [0.29, 0.717) is 5.15 Å². The van der Waals surface area contributed by atoms with Crippen LogP contribution >= 0.6 is 11.6 Å². The van der Waals surface area contributed by atoms with Gasteiger partial charge >= 0.3 is 0 Å². The van der Waals surface area contributed by atoms with Gasteiger partial charge in [-0.3, -0.25) is 0 Å². The van der Waals surface area contributed by atoms with Gasteiger partial charge in [-0.05, 0) is 25.7 Å². The molecule has 0 aliphatic heterocycles. The summed E-state index contributed by atoms with van der Waals surface area (Å²) in [4.78, 5) is 8.88. The monoisotopic (exact) mass is 236 g/mol. The van der Waals surface area contributed by atoms with E-state index in [1.165, 1.54) is 12.8 Å². The Labute approximate surface area is 98.6 Å². The average molecular weight is 237 g/mol. The van der Waals surface area contributed by atoms with Crippen molar-refractivity contribution in [3.63, 3.8) is 0 Å². The van der Waals surface area contributed by atoms with Crippen molar-refractivity contribution in [1.29, 1.82) is 0 Å². The van der Waals surface area contributed by atoms with Gasteiger partial charge in [0.25, 0.3) is 0 Å². The highest BCUT2D eigenvalue weighted by molar-refractivity contribution is 6.33. The zero-order chi connectivity index (χ0) is 11.1. The molecule has 0 aromatic carbocycles. The summed E-state index contributed by atoms with van der Waals surface area (Å²) in [5.41, 5.74) is 0.859. The molecule has 0 atom stereocenters.